The van der Waals surface area contributed by atoms with Crippen LogP contribution >= 0.6 is 27.3 Å². The number of nitrogens with one attached hydrogen (secondary N) is 1. The zero-order valence-electron chi connectivity index (χ0n) is 10.6. The van der Waals surface area contributed by atoms with Gasteiger partial charge < -0.3 is 14.6 Å². The van der Waals surface area contributed by atoms with E-state index in [4.69, 9.17) is 4.74 Å². The van der Waals surface area contributed by atoms with Gasteiger partial charge in [-0.1, -0.05) is 6.92 Å². The highest BCUT2D eigenvalue weighted by atomic mass is 79.9. The van der Waals surface area contributed by atoms with Gasteiger partial charge in [0.2, 0.25) is 0 Å². The number of carbonyl (C=O) groups is 1. The van der Waals surface area contributed by atoms with Gasteiger partial charge in [-0.15, -0.1) is 11.3 Å². The number of aromatic amines is 1. The van der Waals surface area contributed by atoms with E-state index < -0.39 is 0 Å². The zero-order valence-corrected chi connectivity index (χ0v) is 13.0. The molecule has 1 aliphatic heterocycles. The summed E-state index contributed by atoms with van der Waals surface area (Å²) in [6, 6.07) is 3.96. The maximum absolute atomic E-state index is 12.4. The number of ether oxygens (including phenoxy) is 1. The van der Waals surface area contributed by atoms with E-state index in [1.54, 1.807) is 11.3 Å². The van der Waals surface area contributed by atoms with Crippen LogP contribution in [0, 0.1) is 0 Å². The fourth-order valence-electron chi connectivity index (χ4n) is 2.33. The minimum Gasteiger partial charge on any atom is -0.375 e. The van der Waals surface area contributed by atoms with Gasteiger partial charge in [0.05, 0.1) is 16.5 Å². The summed E-state index contributed by atoms with van der Waals surface area (Å²) in [4.78, 5) is 18.6. The molecule has 1 saturated heterocycles. The lowest BCUT2D eigenvalue weighted by Crippen LogP contribution is -2.45. The van der Waals surface area contributed by atoms with Crippen LogP contribution < -0.4 is 0 Å². The third kappa shape index (κ3) is 2.57. The Hall–Kier alpha value is -0.850. The van der Waals surface area contributed by atoms with E-state index in [9.17, 15) is 4.79 Å². The number of nitrogens with zero attached hydrogens (tertiary/aromatic N) is 1. The molecule has 4 nitrogen and oxygen atoms in total. The van der Waals surface area contributed by atoms with Gasteiger partial charge in [-0.25, -0.2) is 0 Å². The molecule has 19 heavy (non-hydrogen) atoms. The summed E-state index contributed by atoms with van der Waals surface area (Å²) < 4.78 is 6.67. The van der Waals surface area contributed by atoms with Gasteiger partial charge in [0, 0.05) is 18.5 Å². The molecule has 0 spiro atoms. The van der Waals surface area contributed by atoms with Crippen LogP contribution in [0.15, 0.2) is 15.9 Å². The Morgan fingerprint density at radius 1 is 1.63 bits per heavy atom. The van der Waals surface area contributed by atoms with Crippen molar-refractivity contribution in [3.8, 4) is 0 Å². The fraction of sp³-hybridized carbons (Fsp3) is 0.462. The largest absolute Gasteiger partial charge is 0.375 e. The molecule has 3 rings (SSSR count). The summed E-state index contributed by atoms with van der Waals surface area (Å²) in [5, 5.41) is 1.08. The maximum Gasteiger partial charge on any atom is 0.270 e. The highest BCUT2D eigenvalue weighted by Gasteiger charge is 2.25. The predicted octanol–water partition coefficient (Wildman–Crippen LogP) is 3.24. The van der Waals surface area contributed by atoms with Crippen LogP contribution in [0.2, 0.25) is 0 Å². The van der Waals surface area contributed by atoms with Crippen molar-refractivity contribution in [1.29, 1.82) is 0 Å². The van der Waals surface area contributed by atoms with E-state index >= 15 is 0 Å². The van der Waals surface area contributed by atoms with Crippen molar-refractivity contribution in [2.45, 2.75) is 19.4 Å². The topological polar surface area (TPSA) is 45.3 Å². The van der Waals surface area contributed by atoms with Crippen LogP contribution in [0.1, 0.15) is 23.8 Å². The van der Waals surface area contributed by atoms with Gasteiger partial charge in [0.1, 0.15) is 10.5 Å². The Kier molecular flexibility index (Phi) is 3.64. The van der Waals surface area contributed by atoms with E-state index in [1.165, 1.54) is 0 Å². The molecule has 2 aromatic heterocycles. The van der Waals surface area contributed by atoms with Crippen molar-refractivity contribution in [2.24, 2.45) is 0 Å². The molecular formula is C13H15BrN2O2S. The first kappa shape index (κ1) is 13.1. The third-order valence-electron chi connectivity index (χ3n) is 3.39. The van der Waals surface area contributed by atoms with E-state index in [0.29, 0.717) is 25.4 Å². The Morgan fingerprint density at radius 3 is 3.21 bits per heavy atom. The first-order valence-corrected chi connectivity index (χ1v) is 7.97. The number of hydrogen-bond donors (Lipinski definition) is 1. The first-order chi connectivity index (χ1) is 9.17. The average Bonchev–Trinajstić information content (AvgIpc) is 2.95. The Morgan fingerprint density at radius 2 is 2.47 bits per heavy atom. The maximum atomic E-state index is 12.4. The molecule has 0 aliphatic carbocycles. The van der Waals surface area contributed by atoms with Gasteiger partial charge in [0.15, 0.2) is 0 Å². The molecule has 0 saturated carbocycles. The average molecular weight is 343 g/mol. The minimum atomic E-state index is 0.0706. The second-order valence-electron chi connectivity index (χ2n) is 4.67. The van der Waals surface area contributed by atoms with E-state index in [1.807, 2.05) is 17.0 Å². The molecule has 1 fully saturated rings. The van der Waals surface area contributed by atoms with E-state index in [0.717, 1.165) is 20.4 Å². The number of fused-ring (bicyclic) bond motifs is 1. The van der Waals surface area contributed by atoms with Crippen LogP contribution in [0.4, 0.5) is 0 Å². The second-order valence-corrected chi connectivity index (χ2v) is 7.10. The van der Waals surface area contributed by atoms with Crippen LogP contribution in [-0.4, -0.2) is 41.6 Å². The van der Waals surface area contributed by atoms with E-state index in [2.05, 4.69) is 27.8 Å². The monoisotopic (exact) mass is 342 g/mol. The third-order valence-corrected chi connectivity index (χ3v) is 4.96. The highest BCUT2D eigenvalue weighted by molar-refractivity contribution is 9.11. The number of thiophene rings is 1. The lowest BCUT2D eigenvalue weighted by Gasteiger charge is -2.32. The number of amides is 1. The standard InChI is InChI=1S/C13H15BrN2O2S/c1-2-9-7-16(3-4-18-9)13(17)10-5-8-6-11(14)19-12(8)15-10/h5-6,9,15H,2-4,7H2,1H3. The summed E-state index contributed by atoms with van der Waals surface area (Å²) in [6.45, 7) is 4.07. The van der Waals surface area contributed by atoms with Crippen molar-refractivity contribution in [3.05, 3.63) is 21.6 Å². The van der Waals surface area contributed by atoms with Crippen molar-refractivity contribution in [2.75, 3.05) is 19.7 Å². The molecule has 1 unspecified atom stereocenters. The quantitative estimate of drug-likeness (QED) is 0.910. The second kappa shape index (κ2) is 5.26. The van der Waals surface area contributed by atoms with Crippen molar-refractivity contribution in [1.82, 2.24) is 9.88 Å². The molecule has 0 radical (unpaired) electrons. The van der Waals surface area contributed by atoms with Crippen molar-refractivity contribution in [3.63, 3.8) is 0 Å². The molecule has 0 bridgehead atoms. The molecule has 1 N–H and O–H groups in total. The van der Waals surface area contributed by atoms with Crippen LogP contribution in [0.5, 0.6) is 0 Å². The summed E-state index contributed by atoms with van der Waals surface area (Å²) in [6.07, 6.45) is 1.11. The molecule has 0 aromatic carbocycles. The number of halogens is 1. The summed E-state index contributed by atoms with van der Waals surface area (Å²) in [5.74, 6) is 0.0706. The number of H-pyrrole nitrogens is 1. The zero-order chi connectivity index (χ0) is 13.4. The minimum absolute atomic E-state index is 0.0706. The molecule has 6 heteroatoms. The highest BCUT2D eigenvalue weighted by Crippen LogP contribution is 2.30. The first-order valence-electron chi connectivity index (χ1n) is 6.36. The number of morpholine rings is 1. The van der Waals surface area contributed by atoms with Gasteiger partial charge in [0.25, 0.3) is 5.91 Å². The Labute approximate surface area is 123 Å². The van der Waals surface area contributed by atoms with Crippen LogP contribution in [0.3, 0.4) is 0 Å². The normalized spacial score (nSPS) is 20.1. The molecule has 102 valence electrons. The molecule has 1 atom stereocenters. The summed E-state index contributed by atoms with van der Waals surface area (Å²) in [7, 11) is 0. The predicted molar refractivity (Wildman–Crippen MR) is 79.8 cm³/mol. The molecule has 2 aromatic rings. The van der Waals surface area contributed by atoms with Gasteiger partial charge in [-0.2, -0.15) is 0 Å². The lowest BCUT2D eigenvalue weighted by atomic mass is 10.2. The number of carbonyl (C=O) groups excluding carboxylic acids is 1. The molecular weight excluding hydrogens is 328 g/mol. The SMILES string of the molecule is CCC1CN(C(=O)c2cc3cc(Br)sc3[nH]2)CCO1. The number of rotatable bonds is 2. The van der Waals surface area contributed by atoms with Gasteiger partial charge in [-0.05, 0) is 34.5 Å². The Balaban J connectivity index is 1.80. The summed E-state index contributed by atoms with van der Waals surface area (Å²) >= 11 is 5.05. The Bertz CT molecular complexity index is 575. The molecule has 1 amide bonds. The fourth-order valence-corrected chi connectivity index (χ4v) is 3.84. The number of hydrogen-bond acceptors (Lipinski definition) is 3. The van der Waals surface area contributed by atoms with Gasteiger partial charge >= 0.3 is 0 Å². The summed E-state index contributed by atoms with van der Waals surface area (Å²) in [5.41, 5.74) is 0.672. The smallest absolute Gasteiger partial charge is 0.270 e. The van der Waals surface area contributed by atoms with E-state index in [-0.39, 0.29) is 12.0 Å². The van der Waals surface area contributed by atoms with Crippen LogP contribution in [0.25, 0.3) is 10.2 Å². The van der Waals surface area contributed by atoms with Crippen molar-refractivity contribution >= 4 is 43.4 Å². The number of aromatic nitrogens is 1. The van der Waals surface area contributed by atoms with Crippen molar-refractivity contribution < 1.29 is 9.53 Å². The molecule has 1 aliphatic rings. The molecule has 3 heterocycles. The van der Waals surface area contributed by atoms with Crippen LogP contribution in [-0.2, 0) is 4.74 Å². The lowest BCUT2D eigenvalue weighted by molar-refractivity contribution is -0.0227. The van der Waals surface area contributed by atoms with Gasteiger partial charge in [-0.3, -0.25) is 4.79 Å².